The second-order valence-electron chi connectivity index (χ2n) is 9.20. The summed E-state index contributed by atoms with van der Waals surface area (Å²) in [5, 5.41) is 31.3. The van der Waals surface area contributed by atoms with E-state index in [1.54, 1.807) is 12.1 Å². The molecule has 1 heterocycles. The Labute approximate surface area is 200 Å². The molecule has 1 aliphatic rings. The molecule has 3 rings (SSSR count). The maximum Gasteiger partial charge on any atom is 0.348 e. The fourth-order valence-electron chi connectivity index (χ4n) is 4.50. The van der Waals surface area contributed by atoms with Crippen molar-refractivity contribution in [3.05, 3.63) is 69.9 Å². The Hall–Kier alpha value is -1.99. The summed E-state index contributed by atoms with van der Waals surface area (Å²) >= 11 is 1.45. The van der Waals surface area contributed by atoms with Crippen LogP contribution in [0.4, 0.5) is 0 Å². The van der Waals surface area contributed by atoms with Gasteiger partial charge in [-0.2, -0.15) is 0 Å². The average molecular weight is 473 g/mol. The molecule has 1 aliphatic carbocycles. The van der Waals surface area contributed by atoms with Crippen LogP contribution in [0.5, 0.6) is 0 Å². The van der Waals surface area contributed by atoms with Gasteiger partial charge in [0.1, 0.15) is 4.88 Å². The number of hydrogen-bond donors (Lipinski definition) is 3. The molecule has 180 valence electrons. The Kier molecular flexibility index (Phi) is 9.68. The molecular weight excluding hydrogens is 436 g/mol. The third-order valence-electron chi connectivity index (χ3n) is 6.21. The molecule has 1 aromatic heterocycles. The van der Waals surface area contributed by atoms with Crippen LogP contribution >= 0.6 is 11.3 Å². The molecule has 6 heteroatoms. The number of carbonyl (C=O) groups excluding carboxylic acids is 1. The number of esters is 1. The minimum atomic E-state index is -0.596. The highest BCUT2D eigenvalue weighted by molar-refractivity contribution is 7.13. The number of carbonyl (C=O) groups is 1. The molecule has 1 aromatic carbocycles. The molecule has 3 N–H and O–H groups in total. The first-order chi connectivity index (χ1) is 15.8. The Morgan fingerprint density at radius 1 is 1.12 bits per heavy atom. The maximum absolute atomic E-state index is 12.0. The first-order valence-electron chi connectivity index (χ1n) is 11.9. The summed E-state index contributed by atoms with van der Waals surface area (Å²) in [6, 6.07) is 13.8. The normalized spacial score (nSPS) is 23.9. The smallest absolute Gasteiger partial charge is 0.348 e. The van der Waals surface area contributed by atoms with Gasteiger partial charge in [-0.15, -0.1) is 11.3 Å². The van der Waals surface area contributed by atoms with Gasteiger partial charge >= 0.3 is 5.97 Å². The number of thiophene rings is 1. The molecule has 0 spiro atoms. The van der Waals surface area contributed by atoms with Crippen LogP contribution < -0.4 is 0 Å². The van der Waals surface area contributed by atoms with Gasteiger partial charge in [0.15, 0.2) is 0 Å². The molecule has 0 unspecified atom stereocenters. The molecule has 1 fully saturated rings. The summed E-state index contributed by atoms with van der Waals surface area (Å²) in [6.07, 6.45) is 6.03. The molecule has 0 amide bonds. The first-order valence-corrected chi connectivity index (χ1v) is 12.7. The minimum Gasteiger partial charge on any atom is -0.459 e. The lowest BCUT2D eigenvalue weighted by Gasteiger charge is -2.21. The molecule has 5 atom stereocenters. The van der Waals surface area contributed by atoms with Crippen LogP contribution in [0.2, 0.25) is 0 Å². The van der Waals surface area contributed by atoms with Crippen molar-refractivity contribution in [3.63, 3.8) is 0 Å². The summed E-state index contributed by atoms with van der Waals surface area (Å²) in [5.74, 6) is -0.485. The molecule has 0 bridgehead atoms. The van der Waals surface area contributed by atoms with Crippen LogP contribution in [-0.4, -0.2) is 45.7 Å². The zero-order valence-electron chi connectivity index (χ0n) is 19.5. The highest BCUT2D eigenvalue weighted by Crippen LogP contribution is 2.37. The summed E-state index contributed by atoms with van der Waals surface area (Å²) in [7, 11) is 0. The van der Waals surface area contributed by atoms with Crippen LogP contribution in [0.3, 0.4) is 0 Å². The third kappa shape index (κ3) is 7.78. The Morgan fingerprint density at radius 2 is 1.88 bits per heavy atom. The van der Waals surface area contributed by atoms with Crippen LogP contribution in [0.15, 0.2) is 54.6 Å². The monoisotopic (exact) mass is 472 g/mol. The average Bonchev–Trinajstić information content (AvgIpc) is 3.35. The van der Waals surface area contributed by atoms with Gasteiger partial charge in [0.25, 0.3) is 0 Å². The largest absolute Gasteiger partial charge is 0.459 e. The van der Waals surface area contributed by atoms with Crippen LogP contribution in [0, 0.1) is 11.8 Å². The van der Waals surface area contributed by atoms with Gasteiger partial charge in [-0.3, -0.25) is 0 Å². The molecule has 2 aromatic rings. The Bertz CT molecular complexity index is 891. The fourth-order valence-corrected chi connectivity index (χ4v) is 5.43. The van der Waals surface area contributed by atoms with Crippen molar-refractivity contribution < 1.29 is 24.9 Å². The number of ether oxygens (including phenoxy) is 1. The molecule has 5 nitrogen and oxygen atoms in total. The van der Waals surface area contributed by atoms with Crippen molar-refractivity contribution >= 4 is 17.3 Å². The van der Waals surface area contributed by atoms with E-state index >= 15 is 0 Å². The lowest BCUT2D eigenvalue weighted by atomic mass is 9.88. The van der Waals surface area contributed by atoms with Gasteiger partial charge in [-0.25, -0.2) is 4.79 Å². The Morgan fingerprint density at radius 3 is 2.61 bits per heavy atom. The number of aryl methyl sites for hydroxylation is 2. The highest BCUT2D eigenvalue weighted by atomic mass is 32.1. The molecular formula is C27H36O5S. The standard InChI is InChI=1S/C27H36O5S/c1-18(2)32-27(31)26-16-14-21(33-26)9-6-10-22-23(25(30)17-24(22)29)15-13-20(28)12-11-19-7-4-3-5-8-19/h3-5,7-8,13-16,18,20,22-25,28-30H,6,9-12,17H2,1-2H3/t20-,22+,23+,24-,25+/m0/s1. The summed E-state index contributed by atoms with van der Waals surface area (Å²) in [5.41, 5.74) is 1.19. The van der Waals surface area contributed by atoms with Gasteiger partial charge in [0, 0.05) is 17.2 Å². The predicted molar refractivity (Wildman–Crippen MR) is 131 cm³/mol. The van der Waals surface area contributed by atoms with Crippen LogP contribution in [0.25, 0.3) is 0 Å². The van der Waals surface area contributed by atoms with Crippen molar-refractivity contribution in [3.8, 4) is 0 Å². The molecule has 1 saturated carbocycles. The topological polar surface area (TPSA) is 87.0 Å². The van der Waals surface area contributed by atoms with E-state index in [2.05, 4.69) is 0 Å². The SMILES string of the molecule is CC(C)OC(=O)c1ccc(CCC[C@@H]2[C@@H](C=C[C@@H](O)CCc3ccccc3)[C@H](O)C[C@@H]2O)s1. The second kappa shape index (κ2) is 12.5. The van der Waals surface area contributed by atoms with E-state index in [-0.39, 0.29) is 23.9 Å². The summed E-state index contributed by atoms with van der Waals surface area (Å²) in [4.78, 5) is 13.8. The van der Waals surface area contributed by atoms with E-state index in [1.807, 2.05) is 56.3 Å². The van der Waals surface area contributed by atoms with Crippen molar-refractivity contribution in [2.24, 2.45) is 11.8 Å². The van der Waals surface area contributed by atoms with E-state index in [4.69, 9.17) is 4.74 Å². The van der Waals surface area contributed by atoms with E-state index in [9.17, 15) is 20.1 Å². The number of benzene rings is 1. The van der Waals surface area contributed by atoms with Crippen LogP contribution in [0.1, 0.15) is 59.6 Å². The van der Waals surface area contributed by atoms with Gasteiger partial charge in [0.05, 0.1) is 24.4 Å². The molecule has 33 heavy (non-hydrogen) atoms. The minimum absolute atomic E-state index is 0.0390. The maximum atomic E-state index is 12.0. The van der Waals surface area contributed by atoms with Gasteiger partial charge in [0.2, 0.25) is 0 Å². The van der Waals surface area contributed by atoms with E-state index in [1.165, 1.54) is 16.9 Å². The van der Waals surface area contributed by atoms with Gasteiger partial charge < -0.3 is 20.1 Å². The molecule has 0 aliphatic heterocycles. The predicted octanol–water partition coefficient (Wildman–Crippen LogP) is 4.54. The van der Waals surface area contributed by atoms with Crippen molar-refractivity contribution in [1.29, 1.82) is 0 Å². The third-order valence-corrected chi connectivity index (χ3v) is 7.33. The second-order valence-corrected chi connectivity index (χ2v) is 10.4. The molecule has 0 saturated heterocycles. The van der Waals surface area contributed by atoms with Crippen molar-refractivity contribution in [2.45, 2.75) is 76.8 Å². The van der Waals surface area contributed by atoms with Crippen molar-refractivity contribution in [2.75, 3.05) is 0 Å². The fraction of sp³-hybridized carbons (Fsp3) is 0.519. The summed E-state index contributed by atoms with van der Waals surface area (Å²) in [6.45, 7) is 3.67. The van der Waals surface area contributed by atoms with Crippen molar-refractivity contribution in [1.82, 2.24) is 0 Å². The zero-order chi connectivity index (χ0) is 23.8. The summed E-state index contributed by atoms with van der Waals surface area (Å²) < 4.78 is 5.25. The van der Waals surface area contributed by atoms with E-state index in [0.717, 1.165) is 30.6 Å². The van der Waals surface area contributed by atoms with Crippen LogP contribution in [-0.2, 0) is 17.6 Å². The Balaban J connectivity index is 1.49. The van der Waals surface area contributed by atoms with E-state index < -0.39 is 18.3 Å². The highest BCUT2D eigenvalue weighted by Gasteiger charge is 2.39. The van der Waals surface area contributed by atoms with Gasteiger partial charge in [-0.05, 0) is 69.6 Å². The number of hydrogen-bond acceptors (Lipinski definition) is 6. The van der Waals surface area contributed by atoms with Gasteiger partial charge in [-0.1, -0.05) is 42.5 Å². The molecule has 0 radical (unpaired) electrons. The quantitative estimate of drug-likeness (QED) is 0.330. The van der Waals surface area contributed by atoms with E-state index in [0.29, 0.717) is 17.7 Å². The first kappa shape index (κ1) is 25.6. The lowest BCUT2D eigenvalue weighted by Crippen LogP contribution is -2.21. The zero-order valence-corrected chi connectivity index (χ0v) is 20.3. The number of rotatable bonds is 11. The number of aliphatic hydroxyl groups excluding tert-OH is 3. The lowest BCUT2D eigenvalue weighted by molar-refractivity contribution is 0.0383. The number of aliphatic hydroxyl groups is 3.